The Bertz CT molecular complexity index is 1090. The second kappa shape index (κ2) is 9.70. The molecule has 1 unspecified atom stereocenters. The highest BCUT2D eigenvalue weighted by Gasteiger charge is 2.21. The van der Waals surface area contributed by atoms with Crippen LogP contribution in [0.15, 0.2) is 82.8 Å². The first-order chi connectivity index (χ1) is 14.0. The topological polar surface area (TPSA) is 82.9 Å². The molecular formula is C22H21N3O2S2. The zero-order chi connectivity index (χ0) is 20.7. The first-order valence-corrected chi connectivity index (χ1v) is 11.6. The van der Waals surface area contributed by atoms with Crippen LogP contribution in [0.25, 0.3) is 0 Å². The first kappa shape index (κ1) is 21.1. The normalized spacial score (nSPS) is 12.3. The molecular weight excluding hydrogens is 402 g/mol. The number of pyridine rings is 1. The molecule has 0 bridgehead atoms. The van der Waals surface area contributed by atoms with Gasteiger partial charge < -0.3 is 0 Å². The lowest BCUT2D eigenvalue weighted by Crippen LogP contribution is -2.29. The van der Waals surface area contributed by atoms with Gasteiger partial charge in [-0.15, -0.1) is 11.8 Å². The Labute approximate surface area is 175 Å². The van der Waals surface area contributed by atoms with E-state index < -0.39 is 10.0 Å². The Morgan fingerprint density at radius 3 is 2.52 bits per heavy atom. The molecule has 0 saturated heterocycles. The van der Waals surface area contributed by atoms with E-state index in [1.165, 1.54) is 11.8 Å². The molecule has 3 aromatic rings. The fourth-order valence-electron chi connectivity index (χ4n) is 2.79. The molecule has 1 atom stereocenters. The lowest BCUT2D eigenvalue weighted by atomic mass is 10.1. The van der Waals surface area contributed by atoms with E-state index in [0.29, 0.717) is 17.7 Å². The van der Waals surface area contributed by atoms with Gasteiger partial charge in [0.05, 0.1) is 21.6 Å². The zero-order valence-corrected chi connectivity index (χ0v) is 17.6. The maximum Gasteiger partial charge on any atom is 0.241 e. The molecule has 0 spiro atoms. The standard InChI is InChI=1S/C22H21N3O2S2/c1-17-7-9-20(10-8-17)29(26,27)25-21(19-5-3-2-4-6-19)12-14-28-22-15-18(16-23)11-13-24-22/h2-11,13,15,21,25H,12,14H2,1H3. The summed E-state index contributed by atoms with van der Waals surface area (Å²) in [5, 5.41) is 9.76. The van der Waals surface area contributed by atoms with Gasteiger partial charge in [-0.3, -0.25) is 0 Å². The monoisotopic (exact) mass is 423 g/mol. The number of benzene rings is 2. The minimum atomic E-state index is -3.65. The largest absolute Gasteiger partial charge is 0.250 e. The van der Waals surface area contributed by atoms with Crippen molar-refractivity contribution < 1.29 is 8.42 Å². The van der Waals surface area contributed by atoms with Crippen molar-refractivity contribution in [3.63, 3.8) is 0 Å². The van der Waals surface area contributed by atoms with Gasteiger partial charge in [-0.2, -0.15) is 5.26 Å². The molecule has 1 aromatic heterocycles. The van der Waals surface area contributed by atoms with E-state index in [1.807, 2.05) is 37.3 Å². The molecule has 0 aliphatic heterocycles. The van der Waals surface area contributed by atoms with Gasteiger partial charge in [0.2, 0.25) is 10.0 Å². The Morgan fingerprint density at radius 1 is 1.10 bits per heavy atom. The molecule has 0 aliphatic carbocycles. The average molecular weight is 424 g/mol. The van der Waals surface area contributed by atoms with Crippen molar-refractivity contribution in [3.05, 3.63) is 89.6 Å². The Morgan fingerprint density at radius 2 is 1.83 bits per heavy atom. The van der Waals surface area contributed by atoms with Crippen molar-refractivity contribution in [2.75, 3.05) is 5.75 Å². The average Bonchev–Trinajstić information content (AvgIpc) is 2.74. The number of thioether (sulfide) groups is 1. The number of sulfonamides is 1. The third-order valence-corrected chi connectivity index (χ3v) is 6.80. The van der Waals surface area contributed by atoms with Crippen LogP contribution in [0.2, 0.25) is 0 Å². The summed E-state index contributed by atoms with van der Waals surface area (Å²) in [6, 6.07) is 21.5. The lowest BCUT2D eigenvalue weighted by molar-refractivity contribution is 0.551. The van der Waals surface area contributed by atoms with Gasteiger partial charge >= 0.3 is 0 Å². The number of nitriles is 1. The van der Waals surface area contributed by atoms with Gasteiger partial charge in [-0.25, -0.2) is 18.1 Å². The molecule has 0 aliphatic rings. The highest BCUT2D eigenvalue weighted by molar-refractivity contribution is 7.99. The van der Waals surface area contributed by atoms with E-state index in [9.17, 15) is 8.42 Å². The van der Waals surface area contributed by atoms with Crippen LogP contribution in [0, 0.1) is 18.3 Å². The predicted molar refractivity (Wildman–Crippen MR) is 115 cm³/mol. The summed E-state index contributed by atoms with van der Waals surface area (Å²) in [4.78, 5) is 4.51. The maximum absolute atomic E-state index is 12.9. The highest BCUT2D eigenvalue weighted by Crippen LogP contribution is 2.25. The number of rotatable bonds is 8. The summed E-state index contributed by atoms with van der Waals surface area (Å²) >= 11 is 1.50. The Balaban J connectivity index is 1.75. The van der Waals surface area contributed by atoms with Gasteiger partial charge in [0.1, 0.15) is 0 Å². The summed E-state index contributed by atoms with van der Waals surface area (Å²) in [6.45, 7) is 1.92. The summed E-state index contributed by atoms with van der Waals surface area (Å²) < 4.78 is 28.6. The highest BCUT2D eigenvalue weighted by atomic mass is 32.2. The number of hydrogen-bond donors (Lipinski definition) is 1. The van der Waals surface area contributed by atoms with Crippen LogP contribution in [0.3, 0.4) is 0 Å². The van der Waals surface area contributed by atoms with Crippen LogP contribution >= 0.6 is 11.8 Å². The van der Waals surface area contributed by atoms with Crippen LogP contribution < -0.4 is 4.72 Å². The minimum Gasteiger partial charge on any atom is -0.250 e. The smallest absolute Gasteiger partial charge is 0.241 e. The fraction of sp³-hybridized carbons (Fsp3) is 0.182. The van der Waals surface area contributed by atoms with E-state index in [-0.39, 0.29) is 10.9 Å². The van der Waals surface area contributed by atoms with Gasteiger partial charge in [0.25, 0.3) is 0 Å². The molecule has 3 rings (SSSR count). The molecule has 2 aromatic carbocycles. The minimum absolute atomic E-state index is 0.250. The number of aryl methyl sites for hydroxylation is 1. The quantitative estimate of drug-likeness (QED) is 0.541. The third-order valence-electron chi connectivity index (χ3n) is 4.35. The number of aromatic nitrogens is 1. The van der Waals surface area contributed by atoms with Crippen LogP contribution in [-0.4, -0.2) is 19.2 Å². The van der Waals surface area contributed by atoms with Crippen LogP contribution in [0.4, 0.5) is 0 Å². The Kier molecular flexibility index (Phi) is 7.04. The summed E-state index contributed by atoms with van der Waals surface area (Å²) in [7, 11) is -3.65. The van der Waals surface area contributed by atoms with Crippen molar-refractivity contribution in [1.29, 1.82) is 5.26 Å². The number of nitrogens with zero attached hydrogens (tertiary/aromatic N) is 2. The molecule has 0 fully saturated rings. The molecule has 0 saturated carbocycles. The third kappa shape index (κ3) is 5.91. The molecule has 1 heterocycles. The molecule has 5 nitrogen and oxygen atoms in total. The molecule has 1 N–H and O–H groups in total. The lowest BCUT2D eigenvalue weighted by Gasteiger charge is -2.19. The summed E-state index contributed by atoms with van der Waals surface area (Å²) in [5.74, 6) is 0.651. The van der Waals surface area contributed by atoms with Gasteiger partial charge in [0, 0.05) is 18.0 Å². The fourth-order valence-corrected chi connectivity index (χ4v) is 4.96. The molecule has 7 heteroatoms. The van der Waals surface area contributed by atoms with Crippen LogP contribution in [-0.2, 0) is 10.0 Å². The SMILES string of the molecule is Cc1ccc(S(=O)(=O)NC(CCSc2cc(C#N)ccn2)c2ccccc2)cc1. The van der Waals surface area contributed by atoms with Crippen molar-refractivity contribution in [1.82, 2.24) is 9.71 Å². The molecule has 0 amide bonds. The first-order valence-electron chi connectivity index (χ1n) is 9.11. The number of hydrogen-bond acceptors (Lipinski definition) is 5. The van der Waals surface area contributed by atoms with Crippen LogP contribution in [0.1, 0.15) is 29.2 Å². The summed E-state index contributed by atoms with van der Waals surface area (Å²) in [6.07, 6.45) is 2.19. The molecule has 29 heavy (non-hydrogen) atoms. The van der Waals surface area contributed by atoms with Gasteiger partial charge in [-0.05, 0) is 43.2 Å². The predicted octanol–water partition coefficient (Wildman–Crippen LogP) is 4.46. The maximum atomic E-state index is 12.9. The van der Waals surface area contributed by atoms with E-state index in [1.54, 1.807) is 42.6 Å². The van der Waals surface area contributed by atoms with Crippen LogP contribution in [0.5, 0.6) is 0 Å². The van der Waals surface area contributed by atoms with Crippen molar-refractivity contribution in [2.24, 2.45) is 0 Å². The molecule has 0 radical (unpaired) electrons. The van der Waals surface area contributed by atoms with E-state index in [2.05, 4.69) is 15.8 Å². The second-order valence-corrected chi connectivity index (χ2v) is 9.36. The van der Waals surface area contributed by atoms with Crippen molar-refractivity contribution >= 4 is 21.8 Å². The second-order valence-electron chi connectivity index (χ2n) is 6.53. The van der Waals surface area contributed by atoms with E-state index >= 15 is 0 Å². The molecule has 148 valence electrons. The van der Waals surface area contributed by atoms with E-state index in [4.69, 9.17) is 5.26 Å². The van der Waals surface area contributed by atoms with Crippen molar-refractivity contribution in [2.45, 2.75) is 29.3 Å². The van der Waals surface area contributed by atoms with Gasteiger partial charge in [-0.1, -0.05) is 48.0 Å². The Hall–Kier alpha value is -2.66. The van der Waals surface area contributed by atoms with Crippen molar-refractivity contribution in [3.8, 4) is 6.07 Å². The van der Waals surface area contributed by atoms with E-state index in [0.717, 1.165) is 16.2 Å². The summed E-state index contributed by atoms with van der Waals surface area (Å²) in [5.41, 5.74) is 2.47. The van der Waals surface area contributed by atoms with Gasteiger partial charge in [0.15, 0.2) is 0 Å². The number of nitrogens with one attached hydrogen (secondary N) is 1. The zero-order valence-electron chi connectivity index (χ0n) is 15.9.